The normalized spacial score (nSPS) is 23.3. The Hall–Kier alpha value is -0.590. The number of hydrogen-bond acceptors (Lipinski definition) is 3. The number of methoxy groups -OCH3 is 1. The first-order valence-corrected chi connectivity index (χ1v) is 5.48. The van der Waals surface area contributed by atoms with Crippen molar-refractivity contribution in [3.05, 3.63) is 0 Å². The fourth-order valence-electron chi connectivity index (χ4n) is 2.10. The molecule has 0 radical (unpaired) electrons. The summed E-state index contributed by atoms with van der Waals surface area (Å²) in [6, 6.07) is 2.79. The van der Waals surface area contributed by atoms with Crippen molar-refractivity contribution in [2.24, 2.45) is 0 Å². The molecule has 0 amide bonds. The van der Waals surface area contributed by atoms with Crippen molar-refractivity contribution in [3.63, 3.8) is 0 Å². The van der Waals surface area contributed by atoms with Gasteiger partial charge in [0, 0.05) is 26.3 Å². The van der Waals surface area contributed by atoms with E-state index in [9.17, 15) is 0 Å². The predicted molar refractivity (Wildman–Crippen MR) is 55.9 cm³/mol. The smallest absolute Gasteiger partial charge is 0.0638 e. The van der Waals surface area contributed by atoms with Gasteiger partial charge in [0.25, 0.3) is 0 Å². The summed E-state index contributed by atoms with van der Waals surface area (Å²) in [5, 5.41) is 8.71. The van der Waals surface area contributed by atoms with Gasteiger partial charge < -0.3 is 4.74 Å². The Balaban J connectivity index is 2.27. The Morgan fingerprint density at radius 3 is 3.07 bits per heavy atom. The maximum atomic E-state index is 8.71. The summed E-state index contributed by atoms with van der Waals surface area (Å²) in [6.45, 7) is 3.08. The van der Waals surface area contributed by atoms with Gasteiger partial charge in [0.2, 0.25) is 0 Å². The van der Waals surface area contributed by atoms with Crippen LogP contribution in [0.15, 0.2) is 0 Å². The van der Waals surface area contributed by atoms with Crippen molar-refractivity contribution < 1.29 is 4.74 Å². The summed E-state index contributed by atoms with van der Waals surface area (Å²) < 4.78 is 5.04. The number of hydrogen-bond donors (Lipinski definition) is 0. The summed E-state index contributed by atoms with van der Waals surface area (Å²) in [7, 11) is 1.74. The molecule has 0 aromatic carbocycles. The van der Waals surface area contributed by atoms with E-state index in [1.807, 2.05) is 0 Å². The predicted octanol–water partition coefficient (Wildman–Crippen LogP) is 1.79. The number of piperidine rings is 1. The maximum Gasteiger partial charge on any atom is 0.0638 e. The monoisotopic (exact) mass is 196 g/mol. The molecule has 0 spiro atoms. The van der Waals surface area contributed by atoms with Gasteiger partial charge in [-0.25, -0.2) is 0 Å². The molecule has 0 aromatic rings. The second-order valence-electron chi connectivity index (χ2n) is 3.89. The van der Waals surface area contributed by atoms with Gasteiger partial charge in [-0.15, -0.1) is 0 Å². The standard InChI is InChI=1S/C11H20N2O/c1-14-10-4-9-13-8-3-2-5-11(13)6-7-12/h11H,2-6,8-10H2,1H3. The van der Waals surface area contributed by atoms with Crippen LogP contribution in [0.3, 0.4) is 0 Å². The van der Waals surface area contributed by atoms with E-state index in [-0.39, 0.29) is 0 Å². The van der Waals surface area contributed by atoms with E-state index in [2.05, 4.69) is 11.0 Å². The van der Waals surface area contributed by atoms with Crippen molar-refractivity contribution in [1.29, 1.82) is 5.26 Å². The molecule has 1 aliphatic heterocycles. The number of rotatable bonds is 5. The van der Waals surface area contributed by atoms with Gasteiger partial charge in [0.1, 0.15) is 0 Å². The van der Waals surface area contributed by atoms with Gasteiger partial charge in [-0.1, -0.05) is 6.42 Å². The Bertz CT molecular complexity index is 188. The summed E-state index contributed by atoms with van der Waals surface area (Å²) in [5.74, 6) is 0. The summed E-state index contributed by atoms with van der Waals surface area (Å²) in [4.78, 5) is 2.45. The topological polar surface area (TPSA) is 36.3 Å². The lowest BCUT2D eigenvalue weighted by Gasteiger charge is -2.34. The minimum atomic E-state index is 0.505. The first-order valence-electron chi connectivity index (χ1n) is 5.48. The van der Waals surface area contributed by atoms with Gasteiger partial charge in [0.15, 0.2) is 0 Å². The quantitative estimate of drug-likeness (QED) is 0.629. The second-order valence-corrected chi connectivity index (χ2v) is 3.89. The Kier molecular flexibility index (Phi) is 5.58. The molecule has 80 valence electrons. The van der Waals surface area contributed by atoms with Crippen LogP contribution in [0.25, 0.3) is 0 Å². The number of ether oxygens (including phenoxy) is 1. The molecule has 3 heteroatoms. The molecular weight excluding hydrogens is 176 g/mol. The molecular formula is C11H20N2O. The Morgan fingerprint density at radius 1 is 1.50 bits per heavy atom. The lowest BCUT2D eigenvalue weighted by atomic mass is 10.00. The van der Waals surface area contributed by atoms with Crippen molar-refractivity contribution in [3.8, 4) is 6.07 Å². The molecule has 3 nitrogen and oxygen atoms in total. The van der Waals surface area contributed by atoms with Gasteiger partial charge in [-0.2, -0.15) is 5.26 Å². The van der Waals surface area contributed by atoms with E-state index in [0.717, 1.165) is 26.1 Å². The van der Waals surface area contributed by atoms with Crippen molar-refractivity contribution in [1.82, 2.24) is 4.90 Å². The van der Waals surface area contributed by atoms with E-state index in [0.29, 0.717) is 12.5 Å². The van der Waals surface area contributed by atoms with Crippen LogP contribution in [0.1, 0.15) is 32.1 Å². The van der Waals surface area contributed by atoms with E-state index in [4.69, 9.17) is 10.00 Å². The summed E-state index contributed by atoms with van der Waals surface area (Å²) in [5.41, 5.74) is 0. The third kappa shape index (κ3) is 3.65. The third-order valence-electron chi connectivity index (χ3n) is 2.87. The van der Waals surface area contributed by atoms with Gasteiger partial charge in [-0.05, 0) is 25.8 Å². The first-order chi connectivity index (χ1) is 6.88. The minimum Gasteiger partial charge on any atom is -0.385 e. The molecule has 14 heavy (non-hydrogen) atoms. The highest BCUT2D eigenvalue weighted by Crippen LogP contribution is 2.19. The van der Waals surface area contributed by atoms with Gasteiger partial charge in [0.05, 0.1) is 12.5 Å². The minimum absolute atomic E-state index is 0.505. The van der Waals surface area contributed by atoms with Crippen LogP contribution in [-0.2, 0) is 4.74 Å². The van der Waals surface area contributed by atoms with E-state index >= 15 is 0 Å². The highest BCUT2D eigenvalue weighted by Gasteiger charge is 2.21. The lowest BCUT2D eigenvalue weighted by Crippen LogP contribution is -2.40. The third-order valence-corrected chi connectivity index (χ3v) is 2.87. The number of nitriles is 1. The van der Waals surface area contributed by atoms with Crippen LogP contribution in [0.5, 0.6) is 0 Å². The zero-order valence-electron chi connectivity index (χ0n) is 9.04. The average Bonchev–Trinajstić information content (AvgIpc) is 2.21. The summed E-state index contributed by atoms with van der Waals surface area (Å²) in [6.07, 6.45) is 5.54. The van der Waals surface area contributed by atoms with Crippen LogP contribution >= 0.6 is 0 Å². The van der Waals surface area contributed by atoms with Crippen molar-refractivity contribution in [2.45, 2.75) is 38.1 Å². The fraction of sp³-hybridized carbons (Fsp3) is 0.909. The zero-order valence-corrected chi connectivity index (χ0v) is 9.04. The van der Waals surface area contributed by atoms with Crippen LogP contribution in [0.2, 0.25) is 0 Å². The van der Waals surface area contributed by atoms with Crippen LogP contribution < -0.4 is 0 Å². The molecule has 1 aliphatic rings. The number of likely N-dealkylation sites (tertiary alicyclic amines) is 1. The first kappa shape index (κ1) is 11.5. The molecule has 0 aliphatic carbocycles. The second kappa shape index (κ2) is 6.80. The van der Waals surface area contributed by atoms with E-state index in [1.54, 1.807) is 7.11 Å². The van der Waals surface area contributed by atoms with Crippen molar-refractivity contribution >= 4 is 0 Å². The number of nitrogens with zero attached hydrogens (tertiary/aromatic N) is 2. The molecule has 1 heterocycles. The highest BCUT2D eigenvalue weighted by molar-refractivity contribution is 4.85. The Labute approximate surface area is 86.6 Å². The average molecular weight is 196 g/mol. The van der Waals surface area contributed by atoms with Crippen LogP contribution in [0.4, 0.5) is 0 Å². The molecule has 0 aromatic heterocycles. The molecule has 0 saturated carbocycles. The summed E-state index contributed by atoms with van der Waals surface area (Å²) >= 11 is 0. The van der Waals surface area contributed by atoms with Gasteiger partial charge in [-0.3, -0.25) is 4.90 Å². The van der Waals surface area contributed by atoms with Gasteiger partial charge >= 0.3 is 0 Å². The largest absolute Gasteiger partial charge is 0.385 e. The van der Waals surface area contributed by atoms with Crippen molar-refractivity contribution in [2.75, 3.05) is 26.8 Å². The molecule has 1 fully saturated rings. The Morgan fingerprint density at radius 2 is 2.36 bits per heavy atom. The van der Waals surface area contributed by atoms with Crippen LogP contribution in [0, 0.1) is 11.3 Å². The molecule has 0 bridgehead atoms. The SMILES string of the molecule is COCCCN1CCCCC1CC#N. The van der Waals surface area contributed by atoms with E-state index < -0.39 is 0 Å². The molecule has 1 rings (SSSR count). The van der Waals surface area contributed by atoms with E-state index in [1.165, 1.54) is 19.3 Å². The fourth-order valence-corrected chi connectivity index (χ4v) is 2.10. The molecule has 0 N–H and O–H groups in total. The van der Waals surface area contributed by atoms with Crippen LogP contribution in [-0.4, -0.2) is 37.7 Å². The maximum absolute atomic E-state index is 8.71. The molecule has 1 atom stereocenters. The molecule has 1 unspecified atom stereocenters. The lowest BCUT2D eigenvalue weighted by molar-refractivity contribution is 0.124. The zero-order chi connectivity index (χ0) is 10.2. The highest BCUT2D eigenvalue weighted by atomic mass is 16.5. The molecule has 1 saturated heterocycles.